The van der Waals surface area contributed by atoms with E-state index in [-0.39, 0.29) is 12.3 Å². The van der Waals surface area contributed by atoms with Crippen molar-refractivity contribution in [3.05, 3.63) is 62.6 Å². The van der Waals surface area contributed by atoms with Crippen LogP contribution in [0, 0.1) is 0 Å². The van der Waals surface area contributed by atoms with Gasteiger partial charge in [-0.2, -0.15) is 0 Å². The van der Waals surface area contributed by atoms with Gasteiger partial charge >= 0.3 is 0 Å². The number of anilines is 1. The molecule has 0 atom stereocenters. The maximum atomic E-state index is 12.5. The predicted molar refractivity (Wildman–Crippen MR) is 120 cm³/mol. The number of nitrogens with zero attached hydrogens (tertiary/aromatic N) is 1. The van der Waals surface area contributed by atoms with E-state index in [1.807, 2.05) is 12.1 Å². The second-order valence-corrected chi connectivity index (χ2v) is 8.18. The molecule has 0 aliphatic carbocycles. The quantitative estimate of drug-likeness (QED) is 0.490. The van der Waals surface area contributed by atoms with Crippen molar-refractivity contribution in [3.63, 3.8) is 0 Å². The highest BCUT2D eigenvalue weighted by Crippen LogP contribution is 2.38. The van der Waals surface area contributed by atoms with Crippen LogP contribution < -0.4 is 19.5 Å². The van der Waals surface area contributed by atoms with Crippen molar-refractivity contribution in [1.29, 1.82) is 0 Å². The van der Waals surface area contributed by atoms with Crippen molar-refractivity contribution < 1.29 is 19.0 Å². The topological polar surface area (TPSA) is 69.7 Å². The minimum atomic E-state index is -0.203. The number of nitrogens with one attached hydrogen (secondary N) is 1. The molecule has 0 aliphatic rings. The summed E-state index contributed by atoms with van der Waals surface area (Å²) in [5.41, 5.74) is 1.63. The fourth-order valence-corrected chi connectivity index (χ4v) is 4.14. The van der Waals surface area contributed by atoms with Gasteiger partial charge in [0.2, 0.25) is 11.7 Å². The average molecular weight is 467 g/mol. The van der Waals surface area contributed by atoms with Gasteiger partial charge in [-0.25, -0.2) is 4.98 Å². The van der Waals surface area contributed by atoms with Crippen molar-refractivity contribution in [2.45, 2.75) is 12.8 Å². The van der Waals surface area contributed by atoms with E-state index in [1.165, 1.54) is 32.7 Å². The zero-order chi connectivity index (χ0) is 21.7. The van der Waals surface area contributed by atoms with Crippen LogP contribution in [0.25, 0.3) is 0 Å². The van der Waals surface area contributed by atoms with E-state index in [2.05, 4.69) is 10.3 Å². The molecule has 1 amide bonds. The van der Waals surface area contributed by atoms with Gasteiger partial charge in [-0.15, -0.1) is 11.3 Å². The summed E-state index contributed by atoms with van der Waals surface area (Å²) in [6, 6.07) is 9.00. The molecule has 158 valence electrons. The number of carbonyl (C=O) groups is 1. The highest BCUT2D eigenvalue weighted by atomic mass is 35.5. The lowest BCUT2D eigenvalue weighted by Crippen LogP contribution is -2.14. The molecule has 0 saturated heterocycles. The fourth-order valence-electron chi connectivity index (χ4n) is 2.91. The third kappa shape index (κ3) is 5.16. The molecule has 1 aromatic heterocycles. The van der Waals surface area contributed by atoms with Crippen LogP contribution in [0.4, 0.5) is 5.13 Å². The van der Waals surface area contributed by atoms with Crippen molar-refractivity contribution in [2.75, 3.05) is 26.6 Å². The van der Waals surface area contributed by atoms with Gasteiger partial charge in [0.05, 0.1) is 37.8 Å². The SMILES string of the molecule is COc1cc(CC(=O)Nc2ncc(Cc3cccc(Cl)c3Cl)s2)cc(OC)c1OC. The number of methoxy groups -OCH3 is 3. The van der Waals surface area contributed by atoms with E-state index in [0.29, 0.717) is 38.8 Å². The van der Waals surface area contributed by atoms with Gasteiger partial charge in [-0.3, -0.25) is 4.79 Å². The minimum Gasteiger partial charge on any atom is -0.493 e. The molecule has 2 aromatic carbocycles. The van der Waals surface area contributed by atoms with Gasteiger partial charge in [0.15, 0.2) is 16.6 Å². The lowest BCUT2D eigenvalue weighted by Gasteiger charge is -2.13. The lowest BCUT2D eigenvalue weighted by atomic mass is 10.1. The van der Waals surface area contributed by atoms with Crippen LogP contribution in [-0.4, -0.2) is 32.2 Å². The van der Waals surface area contributed by atoms with Crippen molar-refractivity contribution >= 4 is 45.6 Å². The van der Waals surface area contributed by atoms with Crippen LogP contribution in [0.2, 0.25) is 10.0 Å². The number of amides is 1. The van der Waals surface area contributed by atoms with Gasteiger partial charge in [-0.1, -0.05) is 35.3 Å². The van der Waals surface area contributed by atoms with Crippen LogP contribution in [0.5, 0.6) is 17.2 Å². The maximum absolute atomic E-state index is 12.5. The highest BCUT2D eigenvalue weighted by molar-refractivity contribution is 7.15. The minimum absolute atomic E-state index is 0.131. The van der Waals surface area contributed by atoms with Crippen molar-refractivity contribution in [1.82, 2.24) is 4.98 Å². The molecular formula is C21H20Cl2N2O4S. The Morgan fingerprint density at radius 2 is 1.80 bits per heavy atom. The van der Waals surface area contributed by atoms with E-state index in [1.54, 1.807) is 24.4 Å². The summed E-state index contributed by atoms with van der Waals surface area (Å²) in [5.74, 6) is 1.27. The molecule has 1 heterocycles. The third-order valence-electron chi connectivity index (χ3n) is 4.29. The molecule has 6 nitrogen and oxygen atoms in total. The highest BCUT2D eigenvalue weighted by Gasteiger charge is 2.16. The Morgan fingerprint density at radius 1 is 1.10 bits per heavy atom. The summed E-state index contributed by atoms with van der Waals surface area (Å²) < 4.78 is 16.0. The van der Waals surface area contributed by atoms with Crippen LogP contribution in [0.1, 0.15) is 16.0 Å². The number of rotatable bonds is 8. The van der Waals surface area contributed by atoms with Crippen LogP contribution in [0.3, 0.4) is 0 Å². The molecule has 0 bridgehead atoms. The number of ether oxygens (including phenoxy) is 3. The summed E-state index contributed by atoms with van der Waals surface area (Å²) in [6.07, 6.45) is 2.43. The molecule has 3 aromatic rings. The number of benzene rings is 2. The first-order valence-electron chi connectivity index (χ1n) is 8.91. The number of hydrogen-bond acceptors (Lipinski definition) is 6. The van der Waals surface area contributed by atoms with Crippen molar-refractivity contribution in [3.8, 4) is 17.2 Å². The Kier molecular flexibility index (Phi) is 7.42. The molecule has 0 radical (unpaired) electrons. The Labute approximate surface area is 188 Å². The number of halogens is 2. The Hall–Kier alpha value is -2.48. The molecule has 0 saturated carbocycles. The van der Waals surface area contributed by atoms with E-state index in [4.69, 9.17) is 37.4 Å². The smallest absolute Gasteiger partial charge is 0.230 e. The predicted octanol–water partition coefficient (Wildman–Crippen LogP) is 5.25. The molecule has 3 rings (SSSR count). The zero-order valence-electron chi connectivity index (χ0n) is 16.6. The Morgan fingerprint density at radius 3 is 2.43 bits per heavy atom. The summed E-state index contributed by atoms with van der Waals surface area (Å²) in [6.45, 7) is 0. The molecular weight excluding hydrogens is 447 g/mol. The van der Waals surface area contributed by atoms with Gasteiger partial charge in [0, 0.05) is 17.5 Å². The van der Waals surface area contributed by atoms with Crippen LogP contribution >= 0.6 is 34.5 Å². The summed E-state index contributed by atoms with van der Waals surface area (Å²) in [5, 5.41) is 4.38. The normalized spacial score (nSPS) is 10.6. The van der Waals surface area contributed by atoms with E-state index < -0.39 is 0 Å². The molecule has 0 fully saturated rings. The number of thiazole rings is 1. The summed E-state index contributed by atoms with van der Waals surface area (Å²) in [4.78, 5) is 17.7. The van der Waals surface area contributed by atoms with E-state index >= 15 is 0 Å². The molecule has 0 spiro atoms. The maximum Gasteiger partial charge on any atom is 0.230 e. The second-order valence-electron chi connectivity index (χ2n) is 6.28. The first kappa shape index (κ1) is 22.2. The average Bonchev–Trinajstić information content (AvgIpc) is 3.17. The lowest BCUT2D eigenvalue weighted by molar-refractivity contribution is -0.115. The molecule has 0 unspecified atom stereocenters. The van der Waals surface area contributed by atoms with E-state index in [9.17, 15) is 4.79 Å². The monoisotopic (exact) mass is 466 g/mol. The summed E-state index contributed by atoms with van der Waals surface area (Å²) in [7, 11) is 4.60. The van der Waals surface area contributed by atoms with Crippen molar-refractivity contribution in [2.24, 2.45) is 0 Å². The van der Waals surface area contributed by atoms with Crippen LogP contribution in [0.15, 0.2) is 36.5 Å². The van der Waals surface area contributed by atoms with Crippen LogP contribution in [-0.2, 0) is 17.6 Å². The molecule has 30 heavy (non-hydrogen) atoms. The first-order chi connectivity index (χ1) is 14.4. The standard InChI is InChI=1S/C21H20Cl2N2O4S/c1-27-16-7-12(8-17(28-2)20(16)29-3)9-18(26)25-21-24-11-14(30-21)10-13-5-4-6-15(22)19(13)23/h4-8,11H,9-10H2,1-3H3,(H,24,25,26). The van der Waals surface area contributed by atoms with Gasteiger partial charge in [0.25, 0.3) is 0 Å². The fraction of sp³-hybridized carbons (Fsp3) is 0.238. The Balaban J connectivity index is 1.68. The van der Waals surface area contributed by atoms with Gasteiger partial charge in [-0.05, 0) is 29.3 Å². The number of aromatic nitrogens is 1. The van der Waals surface area contributed by atoms with Gasteiger partial charge < -0.3 is 19.5 Å². The second kappa shape index (κ2) is 10.0. The van der Waals surface area contributed by atoms with Gasteiger partial charge in [0.1, 0.15) is 0 Å². The molecule has 1 N–H and O–H groups in total. The Bertz CT molecular complexity index is 1030. The molecule has 0 aliphatic heterocycles. The first-order valence-corrected chi connectivity index (χ1v) is 10.5. The largest absolute Gasteiger partial charge is 0.493 e. The summed E-state index contributed by atoms with van der Waals surface area (Å²) >= 11 is 13.7. The number of carbonyl (C=O) groups excluding carboxylic acids is 1. The zero-order valence-corrected chi connectivity index (χ0v) is 19.0. The third-order valence-corrected chi connectivity index (χ3v) is 6.06. The number of hydrogen-bond donors (Lipinski definition) is 1. The molecule has 9 heteroatoms. The van der Waals surface area contributed by atoms with E-state index in [0.717, 1.165) is 16.0 Å².